The maximum atomic E-state index is 9.29. The Bertz CT molecular complexity index is 2630. The van der Waals surface area contributed by atoms with Gasteiger partial charge in [0, 0.05) is 43.9 Å². The lowest BCUT2D eigenvalue weighted by Gasteiger charge is -2.08. The fraction of sp³-hybridized carbons (Fsp3) is 0. The Balaban J connectivity index is 1.26. The van der Waals surface area contributed by atoms with E-state index in [9.17, 15) is 5.26 Å². The van der Waals surface area contributed by atoms with Crippen molar-refractivity contribution in [2.75, 3.05) is 0 Å². The molecule has 0 atom stereocenters. The Morgan fingerprint density at radius 2 is 1.13 bits per heavy atom. The van der Waals surface area contributed by atoms with Gasteiger partial charge in [0.25, 0.3) is 0 Å². The van der Waals surface area contributed by atoms with E-state index in [2.05, 4.69) is 83.4 Å². The largest absolute Gasteiger partial charge is 0.456 e. The molecule has 0 saturated heterocycles. The molecule has 214 valence electrons. The topological polar surface area (TPSA) is 80.5 Å². The van der Waals surface area contributed by atoms with Crippen LogP contribution >= 0.6 is 0 Å². The SMILES string of the molecule is N#Cc1ccc(-c2nc(-c3ccccc3)nc(-c3ccc4c(c3)oc3ccc5c(c6ccccc6n5-c5ccccc5)c34)n2)cc1. The van der Waals surface area contributed by atoms with Gasteiger partial charge in [-0.15, -0.1) is 0 Å². The molecule has 0 saturated carbocycles. The summed E-state index contributed by atoms with van der Waals surface area (Å²) in [5.74, 6) is 1.65. The Morgan fingerprint density at radius 1 is 0.500 bits per heavy atom. The maximum absolute atomic E-state index is 9.29. The van der Waals surface area contributed by atoms with E-state index in [0.717, 1.165) is 60.7 Å². The summed E-state index contributed by atoms with van der Waals surface area (Å²) in [6, 6.07) is 48.7. The third kappa shape index (κ3) is 4.07. The number of fused-ring (bicyclic) bond motifs is 7. The van der Waals surface area contributed by atoms with Crippen molar-refractivity contribution in [2.24, 2.45) is 0 Å². The molecule has 0 amide bonds. The molecule has 3 aromatic heterocycles. The highest BCUT2D eigenvalue weighted by molar-refractivity contribution is 6.27. The zero-order chi connectivity index (χ0) is 30.6. The fourth-order valence-electron chi connectivity index (χ4n) is 6.36. The van der Waals surface area contributed by atoms with Crippen LogP contribution in [0.25, 0.3) is 83.6 Å². The minimum atomic E-state index is 0.536. The zero-order valence-electron chi connectivity index (χ0n) is 24.4. The molecule has 9 rings (SSSR count). The van der Waals surface area contributed by atoms with Gasteiger partial charge in [-0.05, 0) is 66.7 Å². The van der Waals surface area contributed by atoms with Gasteiger partial charge in [0.2, 0.25) is 0 Å². The van der Waals surface area contributed by atoms with Crippen LogP contribution in [-0.2, 0) is 0 Å². The van der Waals surface area contributed by atoms with E-state index < -0.39 is 0 Å². The Labute approximate surface area is 263 Å². The first-order valence-electron chi connectivity index (χ1n) is 15.0. The van der Waals surface area contributed by atoms with Gasteiger partial charge in [-0.1, -0.05) is 72.8 Å². The summed E-state index contributed by atoms with van der Waals surface area (Å²) in [5, 5.41) is 13.7. The zero-order valence-corrected chi connectivity index (χ0v) is 24.4. The lowest BCUT2D eigenvalue weighted by atomic mass is 10.0. The predicted molar refractivity (Wildman–Crippen MR) is 182 cm³/mol. The lowest BCUT2D eigenvalue weighted by Crippen LogP contribution is -2.00. The van der Waals surface area contributed by atoms with Crippen molar-refractivity contribution in [1.29, 1.82) is 5.26 Å². The van der Waals surface area contributed by atoms with Crippen molar-refractivity contribution >= 4 is 43.7 Å². The molecule has 6 heteroatoms. The fourth-order valence-corrected chi connectivity index (χ4v) is 6.36. The van der Waals surface area contributed by atoms with E-state index in [1.54, 1.807) is 12.1 Å². The third-order valence-electron chi connectivity index (χ3n) is 8.48. The van der Waals surface area contributed by atoms with Gasteiger partial charge in [0.05, 0.1) is 22.7 Å². The molecule has 9 aromatic rings. The second-order valence-electron chi connectivity index (χ2n) is 11.2. The van der Waals surface area contributed by atoms with E-state index in [-0.39, 0.29) is 0 Å². The van der Waals surface area contributed by atoms with E-state index >= 15 is 0 Å². The molecule has 6 aromatic carbocycles. The van der Waals surface area contributed by atoms with E-state index in [1.807, 2.05) is 54.6 Å². The van der Waals surface area contributed by atoms with Crippen LogP contribution in [0.2, 0.25) is 0 Å². The van der Waals surface area contributed by atoms with Crippen molar-refractivity contribution in [3.05, 3.63) is 145 Å². The van der Waals surface area contributed by atoms with Crippen molar-refractivity contribution in [3.63, 3.8) is 0 Å². The summed E-state index contributed by atoms with van der Waals surface area (Å²) in [5.41, 5.74) is 8.09. The molecule has 0 aliphatic carbocycles. The number of benzene rings is 6. The smallest absolute Gasteiger partial charge is 0.164 e. The molecule has 0 radical (unpaired) electrons. The molecule has 0 aliphatic heterocycles. The molecule has 0 fully saturated rings. The monoisotopic (exact) mass is 589 g/mol. The van der Waals surface area contributed by atoms with Crippen molar-refractivity contribution in [2.45, 2.75) is 0 Å². The highest BCUT2D eigenvalue weighted by Gasteiger charge is 2.20. The Morgan fingerprint density at radius 3 is 1.87 bits per heavy atom. The normalized spacial score (nSPS) is 11.5. The van der Waals surface area contributed by atoms with Crippen LogP contribution in [0, 0.1) is 11.3 Å². The van der Waals surface area contributed by atoms with Crippen LogP contribution in [0.5, 0.6) is 0 Å². The minimum absolute atomic E-state index is 0.536. The quantitative estimate of drug-likeness (QED) is 0.204. The molecular weight excluding hydrogens is 566 g/mol. The van der Waals surface area contributed by atoms with E-state index in [0.29, 0.717) is 23.0 Å². The van der Waals surface area contributed by atoms with Crippen LogP contribution in [0.15, 0.2) is 144 Å². The number of furan rings is 1. The molecule has 46 heavy (non-hydrogen) atoms. The standard InChI is InChI=1S/C40H23N5O/c41-24-25-15-17-27(18-16-25)39-42-38(26-9-3-1-4-10-26)43-40(44-39)28-19-20-31-35(23-28)46-34-22-21-33-36(37(31)34)30-13-7-8-14-32(30)45(33)29-11-5-2-6-12-29/h1-23H. The predicted octanol–water partition coefficient (Wildman–Crippen LogP) is 9.74. The number of hydrogen-bond donors (Lipinski definition) is 0. The highest BCUT2D eigenvalue weighted by atomic mass is 16.3. The summed E-state index contributed by atoms with van der Waals surface area (Å²) >= 11 is 0. The van der Waals surface area contributed by atoms with Gasteiger partial charge in [0.1, 0.15) is 11.2 Å². The number of nitrogens with zero attached hydrogens (tertiary/aromatic N) is 5. The second kappa shape index (κ2) is 10.3. The van der Waals surface area contributed by atoms with E-state index in [4.69, 9.17) is 19.4 Å². The Hall–Kier alpha value is -6.58. The van der Waals surface area contributed by atoms with Crippen LogP contribution in [0.1, 0.15) is 5.56 Å². The first-order chi connectivity index (χ1) is 22.7. The molecule has 0 N–H and O–H groups in total. The molecule has 3 heterocycles. The van der Waals surface area contributed by atoms with Gasteiger partial charge in [-0.2, -0.15) is 5.26 Å². The average Bonchev–Trinajstić information content (AvgIpc) is 3.67. The number of para-hydroxylation sites is 2. The number of hydrogen-bond acceptors (Lipinski definition) is 5. The summed E-state index contributed by atoms with van der Waals surface area (Å²) in [6.07, 6.45) is 0. The average molecular weight is 590 g/mol. The van der Waals surface area contributed by atoms with Crippen LogP contribution < -0.4 is 0 Å². The summed E-state index contributed by atoms with van der Waals surface area (Å²) in [6.45, 7) is 0. The van der Waals surface area contributed by atoms with Crippen LogP contribution in [0.4, 0.5) is 0 Å². The van der Waals surface area contributed by atoms with Gasteiger partial charge < -0.3 is 8.98 Å². The third-order valence-corrected chi connectivity index (χ3v) is 8.48. The van der Waals surface area contributed by atoms with Crippen LogP contribution in [0.3, 0.4) is 0 Å². The molecule has 6 nitrogen and oxygen atoms in total. The Kier molecular flexibility index (Phi) is 5.77. The van der Waals surface area contributed by atoms with Crippen LogP contribution in [-0.4, -0.2) is 19.5 Å². The van der Waals surface area contributed by atoms with Gasteiger partial charge in [-0.25, -0.2) is 15.0 Å². The maximum Gasteiger partial charge on any atom is 0.164 e. The van der Waals surface area contributed by atoms with Gasteiger partial charge >= 0.3 is 0 Å². The van der Waals surface area contributed by atoms with Gasteiger partial charge in [-0.3, -0.25) is 0 Å². The molecule has 0 spiro atoms. The van der Waals surface area contributed by atoms with Gasteiger partial charge in [0.15, 0.2) is 17.5 Å². The second-order valence-corrected chi connectivity index (χ2v) is 11.2. The number of nitriles is 1. The molecule has 0 unspecified atom stereocenters. The molecule has 0 bridgehead atoms. The number of aromatic nitrogens is 4. The summed E-state index contributed by atoms with van der Waals surface area (Å²) in [7, 11) is 0. The van der Waals surface area contributed by atoms with E-state index in [1.165, 1.54) is 5.39 Å². The minimum Gasteiger partial charge on any atom is -0.456 e. The molecular formula is C40H23N5O. The van der Waals surface area contributed by atoms with Crippen molar-refractivity contribution in [1.82, 2.24) is 19.5 Å². The molecule has 0 aliphatic rings. The first kappa shape index (κ1) is 25.9. The first-order valence-corrected chi connectivity index (χ1v) is 15.0. The summed E-state index contributed by atoms with van der Waals surface area (Å²) in [4.78, 5) is 14.6. The summed E-state index contributed by atoms with van der Waals surface area (Å²) < 4.78 is 8.85. The number of rotatable bonds is 4. The van der Waals surface area contributed by atoms with Crippen molar-refractivity contribution in [3.8, 4) is 45.9 Å². The lowest BCUT2D eigenvalue weighted by molar-refractivity contribution is 0.669. The van der Waals surface area contributed by atoms with Crippen molar-refractivity contribution < 1.29 is 4.42 Å². The highest BCUT2D eigenvalue weighted by Crippen LogP contribution is 2.41.